The van der Waals surface area contributed by atoms with E-state index >= 15 is 0 Å². The second-order valence-corrected chi connectivity index (χ2v) is 12.7. The fourth-order valence-corrected chi connectivity index (χ4v) is 4.84. The van der Waals surface area contributed by atoms with Crippen LogP contribution in [0.5, 0.6) is 0 Å². The Morgan fingerprint density at radius 3 is 1.19 bits per heavy atom. The number of allylic oxidation sites excluding steroid dienone is 21. The van der Waals surface area contributed by atoms with Gasteiger partial charge in [0.25, 0.3) is 0 Å². The molecule has 0 heterocycles. The Kier molecular flexibility index (Phi) is 45.4. The van der Waals surface area contributed by atoms with Crippen LogP contribution >= 0.6 is 0 Å². The predicted molar refractivity (Wildman–Crippen MR) is 229 cm³/mol. The van der Waals surface area contributed by atoms with Crippen LogP contribution in [0.2, 0.25) is 0 Å². The lowest BCUT2D eigenvalue weighted by molar-refractivity contribution is -0.137. The van der Waals surface area contributed by atoms with Crippen molar-refractivity contribution >= 4 is 11.9 Å². The highest BCUT2D eigenvalue weighted by Crippen LogP contribution is 2.11. The molecule has 0 saturated carbocycles. The minimum Gasteiger partial charge on any atom is -0.481 e. The van der Waals surface area contributed by atoms with Gasteiger partial charge < -0.3 is 10.2 Å². The molecule has 0 spiro atoms. The van der Waals surface area contributed by atoms with Crippen LogP contribution in [0.25, 0.3) is 0 Å². The van der Waals surface area contributed by atoms with Gasteiger partial charge in [-0.2, -0.15) is 0 Å². The summed E-state index contributed by atoms with van der Waals surface area (Å²) in [5.41, 5.74) is 0. The molecular weight excluding hydrogens is 641 g/mol. The molecule has 0 aromatic rings. The van der Waals surface area contributed by atoms with Crippen molar-refractivity contribution in [3.8, 4) is 0 Å². The van der Waals surface area contributed by atoms with E-state index in [1.165, 1.54) is 83.1 Å². The number of aliphatic carboxylic acids is 2. The third kappa shape index (κ3) is 52.9. The zero-order valence-corrected chi connectivity index (χ0v) is 33.0. The molecule has 0 aromatic carbocycles. The standard InChI is InChI=1S/C24H38O2.C24H36O2/c2*1-2-3-4-5-6-7-8-9-10-11-12-13-14-15-16-17-18-19-20-21-22-23-24(25)26/h3-4,6-7,9-10,12-13,15-16H,2,5,8,11,14,17-23H2,1H3,(H,25,26);12-23H,2-11H2,1H3,(H,25,26)/b4-3-,7-6-,10-9-,13-12-,16-15-;. The van der Waals surface area contributed by atoms with Crippen molar-refractivity contribution in [2.45, 2.75) is 155 Å². The molecule has 52 heavy (non-hydrogen) atoms. The summed E-state index contributed by atoms with van der Waals surface area (Å²) >= 11 is 0. The van der Waals surface area contributed by atoms with Crippen molar-refractivity contribution in [3.05, 3.63) is 134 Å². The highest BCUT2D eigenvalue weighted by Gasteiger charge is 1.96. The lowest BCUT2D eigenvalue weighted by atomic mass is 10.1. The number of rotatable bonds is 33. The van der Waals surface area contributed by atoms with Crippen LogP contribution in [0.1, 0.15) is 155 Å². The molecule has 0 amide bonds. The fourth-order valence-electron chi connectivity index (χ4n) is 4.84. The molecule has 0 fully saturated rings. The maximum atomic E-state index is 10.4. The molecule has 0 aliphatic heterocycles. The van der Waals surface area contributed by atoms with Gasteiger partial charge >= 0.3 is 11.9 Å². The van der Waals surface area contributed by atoms with Crippen LogP contribution in [-0.4, -0.2) is 22.2 Å². The van der Waals surface area contributed by atoms with Crippen molar-refractivity contribution in [2.75, 3.05) is 0 Å². The molecule has 0 aromatic heterocycles. The first-order chi connectivity index (χ1) is 25.5. The Hall–Kier alpha value is -3.92. The van der Waals surface area contributed by atoms with Gasteiger partial charge in [0.1, 0.15) is 0 Å². The monoisotopic (exact) mass is 715 g/mol. The second kappa shape index (κ2) is 47.1. The van der Waals surface area contributed by atoms with Crippen molar-refractivity contribution in [3.63, 3.8) is 0 Å². The molecule has 0 radical (unpaired) electrons. The SMILES string of the molecule is CC/C=C\C/C=C\C/C=C\C/C=C\C/C=C\CCCCCCCC(=O)O.CCCCCCCCCCCC=CC=CC=CC=CC=CC=CC(=O)O. The first-order valence-electron chi connectivity index (χ1n) is 20.2. The molecule has 0 saturated heterocycles. The Bertz CT molecular complexity index is 1120. The van der Waals surface area contributed by atoms with E-state index in [2.05, 4.69) is 86.8 Å². The summed E-state index contributed by atoms with van der Waals surface area (Å²) in [4.78, 5) is 20.6. The zero-order valence-electron chi connectivity index (χ0n) is 33.0. The summed E-state index contributed by atoms with van der Waals surface area (Å²) in [5, 5.41) is 17.0. The summed E-state index contributed by atoms with van der Waals surface area (Å²) in [6.07, 6.45) is 70.0. The minimum atomic E-state index is -0.936. The van der Waals surface area contributed by atoms with Crippen LogP contribution in [0.15, 0.2) is 134 Å². The van der Waals surface area contributed by atoms with E-state index < -0.39 is 11.9 Å². The van der Waals surface area contributed by atoms with Crippen LogP contribution in [-0.2, 0) is 9.59 Å². The maximum Gasteiger partial charge on any atom is 0.328 e. The smallest absolute Gasteiger partial charge is 0.328 e. The molecule has 0 rings (SSSR count). The number of carbonyl (C=O) groups is 2. The third-order valence-corrected chi connectivity index (χ3v) is 7.77. The molecule has 0 bridgehead atoms. The summed E-state index contributed by atoms with van der Waals surface area (Å²) in [6.45, 7) is 4.42. The van der Waals surface area contributed by atoms with Gasteiger partial charge in [-0.25, -0.2) is 4.79 Å². The lowest BCUT2D eigenvalue weighted by Crippen LogP contribution is -1.93. The normalized spacial score (nSPS) is 12.8. The molecule has 0 atom stereocenters. The molecule has 4 heteroatoms. The Labute approximate surface area is 319 Å². The Balaban J connectivity index is 0. The van der Waals surface area contributed by atoms with E-state index in [0.29, 0.717) is 6.42 Å². The van der Waals surface area contributed by atoms with Crippen LogP contribution in [0.3, 0.4) is 0 Å². The summed E-state index contributed by atoms with van der Waals surface area (Å²) in [5.74, 6) is -1.61. The molecule has 290 valence electrons. The Morgan fingerprint density at radius 2 is 0.750 bits per heavy atom. The van der Waals surface area contributed by atoms with Gasteiger partial charge in [-0.1, -0.05) is 212 Å². The average molecular weight is 715 g/mol. The van der Waals surface area contributed by atoms with Crippen LogP contribution in [0, 0.1) is 0 Å². The van der Waals surface area contributed by atoms with Crippen LogP contribution < -0.4 is 0 Å². The number of hydrogen-bond donors (Lipinski definition) is 2. The largest absolute Gasteiger partial charge is 0.481 e. The van der Waals surface area contributed by atoms with E-state index in [0.717, 1.165) is 63.9 Å². The van der Waals surface area contributed by atoms with Gasteiger partial charge in [0.15, 0.2) is 0 Å². The number of hydrogen-bond acceptors (Lipinski definition) is 2. The highest BCUT2D eigenvalue weighted by atomic mass is 16.4. The molecule has 2 N–H and O–H groups in total. The molecule has 0 aliphatic rings. The van der Waals surface area contributed by atoms with Gasteiger partial charge in [0, 0.05) is 12.5 Å². The summed E-state index contributed by atoms with van der Waals surface area (Å²) in [7, 11) is 0. The van der Waals surface area contributed by atoms with Gasteiger partial charge in [0.2, 0.25) is 0 Å². The topological polar surface area (TPSA) is 74.6 Å². The van der Waals surface area contributed by atoms with Gasteiger partial charge in [-0.3, -0.25) is 4.79 Å². The maximum absolute atomic E-state index is 10.4. The van der Waals surface area contributed by atoms with E-state index in [1.54, 1.807) is 12.2 Å². The van der Waals surface area contributed by atoms with Crippen molar-refractivity contribution in [1.29, 1.82) is 0 Å². The molecule has 0 aliphatic carbocycles. The summed E-state index contributed by atoms with van der Waals surface area (Å²) < 4.78 is 0. The van der Waals surface area contributed by atoms with Gasteiger partial charge in [-0.15, -0.1) is 0 Å². The van der Waals surface area contributed by atoms with Crippen molar-refractivity contribution in [2.24, 2.45) is 0 Å². The van der Waals surface area contributed by atoms with E-state index in [9.17, 15) is 9.59 Å². The van der Waals surface area contributed by atoms with E-state index in [1.807, 2.05) is 36.5 Å². The molecular formula is C48H74O4. The predicted octanol–water partition coefficient (Wildman–Crippen LogP) is 14.9. The first-order valence-corrected chi connectivity index (χ1v) is 20.2. The molecule has 4 nitrogen and oxygen atoms in total. The first kappa shape index (κ1) is 50.2. The Morgan fingerprint density at radius 1 is 0.385 bits per heavy atom. The minimum absolute atomic E-state index is 0.314. The quantitative estimate of drug-likeness (QED) is 0.0307. The van der Waals surface area contributed by atoms with Crippen LogP contribution in [0.4, 0.5) is 0 Å². The highest BCUT2D eigenvalue weighted by molar-refractivity contribution is 5.80. The van der Waals surface area contributed by atoms with Crippen molar-refractivity contribution in [1.82, 2.24) is 0 Å². The van der Waals surface area contributed by atoms with E-state index in [-0.39, 0.29) is 0 Å². The number of carboxylic acids is 2. The number of carboxylic acid groups (broad SMARTS) is 2. The van der Waals surface area contributed by atoms with Crippen molar-refractivity contribution < 1.29 is 19.8 Å². The second-order valence-electron chi connectivity index (χ2n) is 12.7. The van der Waals surface area contributed by atoms with Gasteiger partial charge in [-0.05, 0) is 64.2 Å². The lowest BCUT2D eigenvalue weighted by Gasteiger charge is -2.00. The average Bonchev–Trinajstić information content (AvgIpc) is 3.13. The zero-order chi connectivity index (χ0) is 38.3. The molecule has 0 unspecified atom stereocenters. The van der Waals surface area contributed by atoms with E-state index in [4.69, 9.17) is 10.2 Å². The summed E-state index contributed by atoms with van der Waals surface area (Å²) in [6, 6.07) is 0. The van der Waals surface area contributed by atoms with Gasteiger partial charge in [0.05, 0.1) is 0 Å². The fraction of sp³-hybridized carbons (Fsp3) is 0.500. The number of unbranched alkanes of at least 4 members (excludes halogenated alkanes) is 14. The third-order valence-electron chi connectivity index (χ3n) is 7.77.